The zero-order chi connectivity index (χ0) is 23.0. The molecule has 1 amide bonds. The summed E-state index contributed by atoms with van der Waals surface area (Å²) < 4.78 is 38.6. The molecule has 10 heteroatoms. The summed E-state index contributed by atoms with van der Waals surface area (Å²) in [7, 11) is -3.55. The maximum absolute atomic E-state index is 13.1. The van der Waals surface area contributed by atoms with E-state index >= 15 is 0 Å². The van der Waals surface area contributed by atoms with Gasteiger partial charge in [-0.25, -0.2) is 8.42 Å². The van der Waals surface area contributed by atoms with Gasteiger partial charge in [0.2, 0.25) is 22.7 Å². The number of hydrazine groups is 1. The van der Waals surface area contributed by atoms with Crippen molar-refractivity contribution in [3.63, 3.8) is 0 Å². The first kappa shape index (κ1) is 22.1. The molecule has 2 saturated heterocycles. The van der Waals surface area contributed by atoms with Crippen LogP contribution in [0.15, 0.2) is 47.4 Å². The topological polar surface area (TPSA) is 109 Å². The van der Waals surface area contributed by atoms with E-state index in [1.54, 1.807) is 28.6 Å². The number of hydrogen-bond acceptors (Lipinski definition) is 7. The Hall–Kier alpha value is -2.66. The van der Waals surface area contributed by atoms with Crippen LogP contribution in [-0.4, -0.2) is 44.6 Å². The van der Waals surface area contributed by atoms with Gasteiger partial charge < -0.3 is 14.8 Å². The van der Waals surface area contributed by atoms with Crippen molar-refractivity contribution < 1.29 is 22.7 Å². The minimum atomic E-state index is -3.55. The third-order valence-corrected chi connectivity index (χ3v) is 8.52. The van der Waals surface area contributed by atoms with E-state index in [0.717, 1.165) is 36.3 Å². The fraction of sp³-hybridized carbons (Fsp3) is 0.435. The van der Waals surface area contributed by atoms with Crippen molar-refractivity contribution >= 4 is 21.6 Å². The summed E-state index contributed by atoms with van der Waals surface area (Å²) in [5.41, 5.74) is 8.54. The summed E-state index contributed by atoms with van der Waals surface area (Å²) in [6, 6.07) is 12.8. The molecule has 0 aromatic heterocycles. The van der Waals surface area contributed by atoms with Crippen LogP contribution in [0.1, 0.15) is 37.8 Å². The number of nitrogens with zero attached hydrogens (tertiary/aromatic N) is 1. The largest absolute Gasteiger partial charge is 0.454 e. The predicted molar refractivity (Wildman–Crippen MR) is 122 cm³/mol. The van der Waals surface area contributed by atoms with Gasteiger partial charge in [0, 0.05) is 37.8 Å². The first-order chi connectivity index (χ1) is 15.9. The Balaban J connectivity index is 1.17. The van der Waals surface area contributed by atoms with Crippen molar-refractivity contribution in [2.45, 2.75) is 43.2 Å². The van der Waals surface area contributed by atoms with Crippen molar-refractivity contribution in [2.75, 3.05) is 25.2 Å². The standard InChI is InChI=1S/C23H28N4O5S/c1-15(28)24-18-3-5-19(6-4-18)33(29,30)27-10-8-16(9-11-27)20-13-21(26-25-20)17-2-7-22-23(12-17)32-14-31-22/h2-7,12,16,20-21,25-26H,8-11,13-14H2,1H3,(H,24,28). The molecule has 0 bridgehead atoms. The van der Waals surface area contributed by atoms with E-state index < -0.39 is 10.0 Å². The lowest BCUT2D eigenvalue weighted by atomic mass is 9.87. The molecule has 2 atom stereocenters. The third kappa shape index (κ3) is 4.56. The van der Waals surface area contributed by atoms with E-state index in [2.05, 4.69) is 22.2 Å². The fourth-order valence-electron chi connectivity index (χ4n) is 4.82. The van der Waals surface area contributed by atoms with Crippen LogP contribution in [0.25, 0.3) is 0 Å². The summed E-state index contributed by atoms with van der Waals surface area (Å²) in [6.45, 7) is 2.67. The second-order valence-electron chi connectivity index (χ2n) is 8.74. The van der Waals surface area contributed by atoms with Crippen LogP contribution in [0, 0.1) is 5.92 Å². The van der Waals surface area contributed by atoms with E-state index in [1.807, 2.05) is 12.1 Å². The Morgan fingerprint density at radius 3 is 2.48 bits per heavy atom. The van der Waals surface area contributed by atoms with Gasteiger partial charge >= 0.3 is 0 Å². The van der Waals surface area contributed by atoms with Gasteiger partial charge in [-0.05, 0) is 67.1 Å². The molecular formula is C23H28N4O5S. The normalized spacial score (nSPS) is 23.5. The minimum Gasteiger partial charge on any atom is -0.454 e. The number of benzene rings is 2. The van der Waals surface area contributed by atoms with Crippen LogP contribution in [0.2, 0.25) is 0 Å². The lowest BCUT2D eigenvalue weighted by Gasteiger charge is -2.34. The van der Waals surface area contributed by atoms with Crippen molar-refractivity contribution in [1.82, 2.24) is 15.2 Å². The zero-order valence-electron chi connectivity index (χ0n) is 18.4. The Morgan fingerprint density at radius 1 is 1.03 bits per heavy atom. The van der Waals surface area contributed by atoms with E-state index in [4.69, 9.17) is 9.47 Å². The smallest absolute Gasteiger partial charge is 0.243 e. The number of anilines is 1. The van der Waals surface area contributed by atoms with E-state index in [-0.39, 0.29) is 29.7 Å². The van der Waals surface area contributed by atoms with Crippen LogP contribution < -0.4 is 25.6 Å². The number of rotatable bonds is 5. The molecule has 5 rings (SSSR count). The molecule has 0 radical (unpaired) electrons. The van der Waals surface area contributed by atoms with Crippen LogP contribution in [0.5, 0.6) is 11.5 Å². The second kappa shape index (κ2) is 8.94. The first-order valence-corrected chi connectivity index (χ1v) is 12.6. The number of ether oxygens (including phenoxy) is 2. The summed E-state index contributed by atoms with van der Waals surface area (Å²) in [6.07, 6.45) is 2.54. The summed E-state index contributed by atoms with van der Waals surface area (Å²) in [5.74, 6) is 1.76. The summed E-state index contributed by atoms with van der Waals surface area (Å²) >= 11 is 0. The number of sulfonamides is 1. The minimum absolute atomic E-state index is 0.174. The molecule has 2 aromatic rings. The number of fused-ring (bicyclic) bond motifs is 1. The maximum Gasteiger partial charge on any atom is 0.243 e. The highest BCUT2D eigenvalue weighted by atomic mass is 32.2. The summed E-state index contributed by atoms with van der Waals surface area (Å²) in [4.78, 5) is 11.4. The number of nitrogens with one attached hydrogen (secondary N) is 3. The van der Waals surface area contributed by atoms with Crippen molar-refractivity contribution in [2.24, 2.45) is 5.92 Å². The molecule has 3 aliphatic rings. The van der Waals surface area contributed by atoms with Crippen molar-refractivity contribution in [1.29, 1.82) is 0 Å². The van der Waals surface area contributed by atoms with Gasteiger partial charge in [-0.3, -0.25) is 15.6 Å². The van der Waals surface area contributed by atoms with E-state index in [1.165, 1.54) is 6.92 Å². The zero-order valence-corrected chi connectivity index (χ0v) is 19.2. The quantitative estimate of drug-likeness (QED) is 0.613. The summed E-state index contributed by atoms with van der Waals surface area (Å²) in [5, 5.41) is 2.65. The molecule has 3 aliphatic heterocycles. The monoisotopic (exact) mass is 472 g/mol. The molecule has 9 nitrogen and oxygen atoms in total. The van der Waals surface area contributed by atoms with Gasteiger partial charge in [0.05, 0.1) is 4.90 Å². The van der Waals surface area contributed by atoms with Gasteiger partial charge in [0.1, 0.15) is 0 Å². The average molecular weight is 473 g/mol. The molecule has 176 valence electrons. The number of hydrogen-bond donors (Lipinski definition) is 3. The highest BCUT2D eigenvalue weighted by molar-refractivity contribution is 7.89. The third-order valence-electron chi connectivity index (χ3n) is 6.61. The molecule has 2 aromatic carbocycles. The molecular weight excluding hydrogens is 444 g/mol. The second-order valence-corrected chi connectivity index (χ2v) is 10.7. The highest BCUT2D eigenvalue weighted by Gasteiger charge is 2.36. The molecule has 2 fully saturated rings. The predicted octanol–water partition coefficient (Wildman–Crippen LogP) is 2.38. The van der Waals surface area contributed by atoms with Crippen LogP contribution in [0.4, 0.5) is 5.69 Å². The van der Waals surface area contributed by atoms with Gasteiger partial charge in [0.15, 0.2) is 11.5 Å². The molecule has 0 aliphatic carbocycles. The Labute approximate surface area is 193 Å². The van der Waals surface area contributed by atoms with Crippen LogP contribution >= 0.6 is 0 Å². The van der Waals surface area contributed by atoms with E-state index in [0.29, 0.717) is 24.7 Å². The fourth-order valence-corrected chi connectivity index (χ4v) is 6.29. The number of piperidine rings is 1. The Morgan fingerprint density at radius 2 is 1.76 bits per heavy atom. The molecule has 0 saturated carbocycles. The molecule has 2 unspecified atom stereocenters. The number of carbonyl (C=O) groups is 1. The van der Waals surface area contributed by atoms with Gasteiger partial charge in [0.25, 0.3) is 0 Å². The van der Waals surface area contributed by atoms with Crippen molar-refractivity contribution in [3.8, 4) is 11.5 Å². The SMILES string of the molecule is CC(=O)Nc1ccc(S(=O)(=O)N2CCC(C3CC(c4ccc5c(c4)OCO5)NN3)CC2)cc1. The van der Waals surface area contributed by atoms with Crippen molar-refractivity contribution in [3.05, 3.63) is 48.0 Å². The van der Waals surface area contributed by atoms with Gasteiger partial charge in [-0.2, -0.15) is 4.31 Å². The average Bonchev–Trinajstić information content (AvgIpc) is 3.48. The van der Waals surface area contributed by atoms with Crippen LogP contribution in [-0.2, 0) is 14.8 Å². The van der Waals surface area contributed by atoms with Crippen LogP contribution in [0.3, 0.4) is 0 Å². The Kier molecular flexibility index (Phi) is 6.00. The lowest BCUT2D eigenvalue weighted by Crippen LogP contribution is -2.44. The van der Waals surface area contributed by atoms with Gasteiger partial charge in [-0.15, -0.1) is 0 Å². The maximum atomic E-state index is 13.1. The molecule has 33 heavy (non-hydrogen) atoms. The molecule has 3 heterocycles. The first-order valence-electron chi connectivity index (χ1n) is 11.2. The van der Waals surface area contributed by atoms with E-state index in [9.17, 15) is 13.2 Å². The number of amides is 1. The molecule has 0 spiro atoms. The highest BCUT2D eigenvalue weighted by Crippen LogP contribution is 2.37. The number of carbonyl (C=O) groups excluding carboxylic acids is 1. The lowest BCUT2D eigenvalue weighted by molar-refractivity contribution is -0.114. The Bertz CT molecular complexity index is 1130. The van der Waals surface area contributed by atoms with Gasteiger partial charge in [-0.1, -0.05) is 6.07 Å². The molecule has 3 N–H and O–H groups in total.